The lowest BCUT2D eigenvalue weighted by atomic mass is 10.1. The molecule has 0 spiro atoms. The highest BCUT2D eigenvalue weighted by Gasteiger charge is 2.23. The van der Waals surface area contributed by atoms with Gasteiger partial charge in [-0.25, -0.2) is 15.0 Å². The fourth-order valence-electron chi connectivity index (χ4n) is 3.56. The van der Waals surface area contributed by atoms with Gasteiger partial charge >= 0.3 is 0 Å². The van der Waals surface area contributed by atoms with E-state index in [1.54, 1.807) is 23.7 Å². The highest BCUT2D eigenvalue weighted by molar-refractivity contribution is 7.13. The number of thiazole rings is 1. The second-order valence-corrected chi connectivity index (χ2v) is 8.04. The number of benzene rings is 1. The first-order valence-corrected chi connectivity index (χ1v) is 11.1. The van der Waals surface area contributed by atoms with Crippen molar-refractivity contribution in [2.24, 2.45) is 0 Å². The third kappa shape index (κ3) is 5.13. The second kappa shape index (κ2) is 9.67. The van der Waals surface area contributed by atoms with Gasteiger partial charge in [-0.1, -0.05) is 0 Å². The summed E-state index contributed by atoms with van der Waals surface area (Å²) in [4.78, 5) is 28.0. The minimum Gasteiger partial charge on any atom is -0.494 e. The van der Waals surface area contributed by atoms with Crippen molar-refractivity contribution in [3.05, 3.63) is 53.8 Å². The molecule has 1 amide bonds. The molecule has 8 heteroatoms. The molecule has 1 fully saturated rings. The summed E-state index contributed by atoms with van der Waals surface area (Å²) in [7, 11) is 0. The average Bonchev–Trinajstić information content (AvgIpc) is 3.23. The molecule has 0 radical (unpaired) electrons. The van der Waals surface area contributed by atoms with E-state index in [-0.39, 0.29) is 18.4 Å². The lowest BCUT2D eigenvalue weighted by Crippen LogP contribution is -2.48. The SMILES string of the molecule is CCOc1ccc(-c2nc(CC(=O)NC3CCCN(c4ncccn4)C3)cs2)cc1. The first-order chi connectivity index (χ1) is 14.7. The molecule has 2 aromatic heterocycles. The van der Waals surface area contributed by atoms with Crippen LogP contribution < -0.4 is 15.0 Å². The van der Waals surface area contributed by atoms with Crippen LogP contribution in [0.5, 0.6) is 5.75 Å². The van der Waals surface area contributed by atoms with Gasteiger partial charge in [0.15, 0.2) is 0 Å². The van der Waals surface area contributed by atoms with Gasteiger partial charge in [-0.3, -0.25) is 4.79 Å². The first-order valence-electron chi connectivity index (χ1n) is 10.2. The normalized spacial score (nSPS) is 16.3. The van der Waals surface area contributed by atoms with Crippen molar-refractivity contribution in [1.82, 2.24) is 20.3 Å². The van der Waals surface area contributed by atoms with Gasteiger partial charge in [0.05, 0.1) is 18.7 Å². The fraction of sp³-hybridized carbons (Fsp3) is 0.364. The minimum atomic E-state index is -0.000580. The number of hydrogen-bond acceptors (Lipinski definition) is 7. The molecule has 3 aromatic rings. The number of carbonyl (C=O) groups is 1. The molecule has 156 valence electrons. The van der Waals surface area contributed by atoms with Crippen LogP contribution in [0, 0.1) is 0 Å². The van der Waals surface area contributed by atoms with Crippen LogP contribution in [0.4, 0.5) is 5.95 Å². The van der Waals surface area contributed by atoms with Crippen molar-refractivity contribution >= 4 is 23.2 Å². The molecule has 1 atom stereocenters. The lowest BCUT2D eigenvalue weighted by Gasteiger charge is -2.33. The number of carbonyl (C=O) groups excluding carboxylic acids is 1. The summed E-state index contributed by atoms with van der Waals surface area (Å²) >= 11 is 1.55. The molecule has 1 aliphatic rings. The van der Waals surface area contributed by atoms with Crippen molar-refractivity contribution in [2.75, 3.05) is 24.6 Å². The van der Waals surface area contributed by atoms with E-state index in [1.165, 1.54) is 0 Å². The molecule has 3 heterocycles. The van der Waals surface area contributed by atoms with E-state index in [9.17, 15) is 4.79 Å². The number of nitrogens with zero attached hydrogens (tertiary/aromatic N) is 4. The summed E-state index contributed by atoms with van der Waals surface area (Å²) in [6.07, 6.45) is 5.74. The number of hydrogen-bond donors (Lipinski definition) is 1. The smallest absolute Gasteiger partial charge is 0.226 e. The zero-order valence-electron chi connectivity index (χ0n) is 17.0. The molecular formula is C22H25N5O2S. The lowest BCUT2D eigenvalue weighted by molar-refractivity contribution is -0.121. The van der Waals surface area contributed by atoms with E-state index >= 15 is 0 Å². The molecule has 7 nitrogen and oxygen atoms in total. The van der Waals surface area contributed by atoms with Crippen molar-refractivity contribution < 1.29 is 9.53 Å². The topological polar surface area (TPSA) is 80.2 Å². The number of aromatic nitrogens is 3. The van der Waals surface area contributed by atoms with Gasteiger partial charge in [-0.2, -0.15) is 0 Å². The van der Waals surface area contributed by atoms with Crippen LogP contribution in [0.3, 0.4) is 0 Å². The zero-order valence-corrected chi connectivity index (χ0v) is 17.8. The molecule has 1 N–H and O–H groups in total. The standard InChI is InChI=1S/C22H25N5O2S/c1-2-29-19-8-6-16(7-9-19)21-26-18(15-30-21)13-20(28)25-17-5-3-12-27(14-17)22-23-10-4-11-24-22/h4,6-11,15,17H,2-3,5,12-14H2,1H3,(H,25,28). The molecule has 0 bridgehead atoms. The van der Waals surface area contributed by atoms with Gasteiger partial charge in [0.1, 0.15) is 10.8 Å². The van der Waals surface area contributed by atoms with E-state index in [0.717, 1.165) is 53.9 Å². The van der Waals surface area contributed by atoms with Crippen LogP contribution >= 0.6 is 11.3 Å². The predicted octanol–water partition coefficient (Wildman–Crippen LogP) is 3.33. The molecule has 1 saturated heterocycles. The second-order valence-electron chi connectivity index (χ2n) is 7.18. The molecule has 1 unspecified atom stereocenters. The maximum absolute atomic E-state index is 12.6. The van der Waals surface area contributed by atoms with Gasteiger partial charge in [0, 0.05) is 42.5 Å². The van der Waals surface area contributed by atoms with Gasteiger partial charge < -0.3 is 15.0 Å². The Labute approximate surface area is 180 Å². The molecule has 4 rings (SSSR count). The van der Waals surface area contributed by atoms with E-state index < -0.39 is 0 Å². The molecular weight excluding hydrogens is 398 g/mol. The Morgan fingerprint density at radius 3 is 2.83 bits per heavy atom. The summed E-state index contributed by atoms with van der Waals surface area (Å²) < 4.78 is 5.48. The Kier molecular flexibility index (Phi) is 6.53. The van der Waals surface area contributed by atoms with Gasteiger partial charge in [-0.15, -0.1) is 11.3 Å². The van der Waals surface area contributed by atoms with Crippen LogP contribution in [0.25, 0.3) is 10.6 Å². The van der Waals surface area contributed by atoms with Crippen molar-refractivity contribution in [1.29, 1.82) is 0 Å². The number of ether oxygens (including phenoxy) is 1. The van der Waals surface area contributed by atoms with Crippen LogP contribution in [-0.4, -0.2) is 46.6 Å². The van der Waals surface area contributed by atoms with Gasteiger partial charge in [0.2, 0.25) is 11.9 Å². The Morgan fingerprint density at radius 1 is 1.27 bits per heavy atom. The summed E-state index contributed by atoms with van der Waals surface area (Å²) in [6, 6.07) is 9.78. The summed E-state index contributed by atoms with van der Waals surface area (Å²) in [5.41, 5.74) is 1.82. The highest BCUT2D eigenvalue weighted by Crippen LogP contribution is 2.26. The number of piperidine rings is 1. The number of rotatable bonds is 7. The monoisotopic (exact) mass is 423 g/mol. The van der Waals surface area contributed by atoms with Gasteiger partial charge in [-0.05, 0) is 50.1 Å². The first kappa shape index (κ1) is 20.3. The summed E-state index contributed by atoms with van der Waals surface area (Å²) in [6.45, 7) is 4.25. The van der Waals surface area contributed by atoms with Crippen LogP contribution in [-0.2, 0) is 11.2 Å². The number of amides is 1. The van der Waals surface area contributed by atoms with E-state index in [0.29, 0.717) is 6.61 Å². The Bertz CT molecular complexity index is 961. The summed E-state index contributed by atoms with van der Waals surface area (Å²) in [5, 5.41) is 6.01. The maximum Gasteiger partial charge on any atom is 0.226 e. The summed E-state index contributed by atoms with van der Waals surface area (Å²) in [5.74, 6) is 1.56. The van der Waals surface area contributed by atoms with E-state index in [4.69, 9.17) is 4.74 Å². The third-order valence-electron chi connectivity index (χ3n) is 4.93. The van der Waals surface area contributed by atoms with E-state index in [2.05, 4.69) is 25.2 Å². The minimum absolute atomic E-state index is 0.000580. The fourth-order valence-corrected chi connectivity index (χ4v) is 4.38. The Balaban J connectivity index is 1.32. The molecule has 0 aliphatic carbocycles. The molecule has 0 saturated carbocycles. The maximum atomic E-state index is 12.6. The molecule has 1 aromatic carbocycles. The quantitative estimate of drug-likeness (QED) is 0.628. The third-order valence-corrected chi connectivity index (χ3v) is 5.87. The van der Waals surface area contributed by atoms with Crippen LogP contribution in [0.1, 0.15) is 25.5 Å². The van der Waals surface area contributed by atoms with Crippen LogP contribution in [0.2, 0.25) is 0 Å². The van der Waals surface area contributed by atoms with Crippen molar-refractivity contribution in [3.63, 3.8) is 0 Å². The predicted molar refractivity (Wildman–Crippen MR) is 118 cm³/mol. The van der Waals surface area contributed by atoms with E-state index in [1.807, 2.05) is 42.6 Å². The largest absolute Gasteiger partial charge is 0.494 e. The van der Waals surface area contributed by atoms with Crippen molar-refractivity contribution in [2.45, 2.75) is 32.2 Å². The molecule has 30 heavy (non-hydrogen) atoms. The van der Waals surface area contributed by atoms with Crippen LogP contribution in [0.15, 0.2) is 48.1 Å². The average molecular weight is 424 g/mol. The highest BCUT2D eigenvalue weighted by atomic mass is 32.1. The Hall–Kier alpha value is -3.00. The Morgan fingerprint density at radius 2 is 2.07 bits per heavy atom. The molecule has 1 aliphatic heterocycles. The van der Waals surface area contributed by atoms with Gasteiger partial charge in [0.25, 0.3) is 0 Å². The number of nitrogens with one attached hydrogen (secondary N) is 1. The zero-order chi connectivity index (χ0) is 20.8. The van der Waals surface area contributed by atoms with Crippen molar-refractivity contribution in [3.8, 4) is 16.3 Å². The number of anilines is 1.